The standard InChI is InChI=1S/C25H20ClN3O4S/c1-25(2)12-18-21(19(30)13-25)22(16-8-3-4-9-17(16)26)28-23(31)20(34-24(28)27-18)11-14-6-5-7-15(10-14)29(32)33/h3-11,22H,12-13H2,1-2H3. The van der Waals surface area contributed by atoms with Crippen molar-refractivity contribution in [1.29, 1.82) is 0 Å². The van der Waals surface area contributed by atoms with E-state index in [1.807, 2.05) is 26.0 Å². The summed E-state index contributed by atoms with van der Waals surface area (Å²) in [6.07, 6.45) is 2.60. The number of nitro groups is 1. The number of halogens is 1. The number of fused-ring (bicyclic) bond motifs is 1. The molecule has 1 atom stereocenters. The number of carbonyl (C=O) groups is 1. The van der Waals surface area contributed by atoms with Crippen LogP contribution in [0, 0.1) is 15.5 Å². The van der Waals surface area contributed by atoms with Gasteiger partial charge in [-0.2, -0.15) is 0 Å². The number of hydrogen-bond acceptors (Lipinski definition) is 6. The Balaban J connectivity index is 1.77. The summed E-state index contributed by atoms with van der Waals surface area (Å²) >= 11 is 7.75. The van der Waals surface area contributed by atoms with Gasteiger partial charge in [0.25, 0.3) is 11.2 Å². The van der Waals surface area contributed by atoms with Crippen LogP contribution in [-0.4, -0.2) is 15.3 Å². The zero-order valence-electron chi connectivity index (χ0n) is 18.4. The topological polar surface area (TPSA) is 94.6 Å². The molecule has 172 valence electrons. The second-order valence-electron chi connectivity index (χ2n) is 9.26. The number of ketones is 1. The van der Waals surface area contributed by atoms with E-state index in [-0.39, 0.29) is 22.4 Å². The first-order chi connectivity index (χ1) is 16.1. The third kappa shape index (κ3) is 3.82. The summed E-state index contributed by atoms with van der Waals surface area (Å²) in [6, 6.07) is 12.6. The van der Waals surface area contributed by atoms with Gasteiger partial charge in [-0.3, -0.25) is 24.3 Å². The number of benzene rings is 2. The quantitative estimate of drug-likeness (QED) is 0.404. The molecular weight excluding hydrogens is 474 g/mol. The van der Waals surface area contributed by atoms with Gasteiger partial charge in [0, 0.05) is 29.1 Å². The molecule has 0 radical (unpaired) electrons. The number of hydrogen-bond donors (Lipinski definition) is 0. The monoisotopic (exact) mass is 493 g/mol. The first-order valence-electron chi connectivity index (χ1n) is 10.7. The summed E-state index contributed by atoms with van der Waals surface area (Å²) in [6.45, 7) is 4.07. The van der Waals surface area contributed by atoms with E-state index in [0.29, 0.717) is 49.6 Å². The van der Waals surface area contributed by atoms with E-state index in [1.54, 1.807) is 30.3 Å². The Morgan fingerprint density at radius 2 is 1.94 bits per heavy atom. The highest BCUT2D eigenvalue weighted by Crippen LogP contribution is 2.44. The summed E-state index contributed by atoms with van der Waals surface area (Å²) in [4.78, 5) is 42.8. The van der Waals surface area contributed by atoms with E-state index < -0.39 is 11.0 Å². The predicted molar refractivity (Wildman–Crippen MR) is 131 cm³/mol. The number of non-ortho nitro benzene ring substituents is 1. The number of nitro benzene ring substituents is 1. The zero-order chi connectivity index (χ0) is 24.2. The van der Waals surface area contributed by atoms with Crippen LogP contribution in [0.2, 0.25) is 5.02 Å². The van der Waals surface area contributed by atoms with Crippen LogP contribution >= 0.6 is 22.9 Å². The fraction of sp³-hybridized carbons (Fsp3) is 0.240. The summed E-state index contributed by atoms with van der Waals surface area (Å²) in [5, 5.41) is 11.6. The van der Waals surface area contributed by atoms with E-state index in [1.165, 1.54) is 28.0 Å². The first-order valence-corrected chi connectivity index (χ1v) is 11.9. The van der Waals surface area contributed by atoms with Crippen molar-refractivity contribution in [3.8, 4) is 0 Å². The highest BCUT2D eigenvalue weighted by atomic mass is 35.5. The highest BCUT2D eigenvalue weighted by Gasteiger charge is 2.41. The Labute approximate surface area is 203 Å². The molecule has 9 heteroatoms. The van der Waals surface area contributed by atoms with Gasteiger partial charge in [0.15, 0.2) is 10.6 Å². The molecule has 0 amide bonds. The second-order valence-corrected chi connectivity index (χ2v) is 10.7. The zero-order valence-corrected chi connectivity index (χ0v) is 20.0. The number of aromatic nitrogens is 1. The number of Topliss-reactive ketones (excluding diaryl/α,β-unsaturated/α-hetero) is 1. The predicted octanol–water partition coefficient (Wildman–Crippen LogP) is 4.17. The van der Waals surface area contributed by atoms with Crippen LogP contribution < -0.4 is 14.9 Å². The normalized spacial score (nSPS) is 19.4. The fourth-order valence-electron chi connectivity index (χ4n) is 4.62. The smallest absolute Gasteiger partial charge is 0.271 e. The average Bonchev–Trinajstić information content (AvgIpc) is 3.07. The molecule has 1 aliphatic carbocycles. The summed E-state index contributed by atoms with van der Waals surface area (Å²) in [5.74, 6) is -0.0344. The lowest BCUT2D eigenvalue weighted by Gasteiger charge is -2.35. The Morgan fingerprint density at radius 1 is 1.18 bits per heavy atom. The van der Waals surface area contributed by atoms with Crippen LogP contribution in [0.3, 0.4) is 0 Å². The van der Waals surface area contributed by atoms with E-state index in [4.69, 9.17) is 16.6 Å². The third-order valence-electron chi connectivity index (χ3n) is 6.07. The van der Waals surface area contributed by atoms with Gasteiger partial charge in [-0.15, -0.1) is 0 Å². The molecule has 0 saturated carbocycles. The Morgan fingerprint density at radius 3 is 2.68 bits per heavy atom. The van der Waals surface area contributed by atoms with E-state index >= 15 is 0 Å². The molecule has 7 nitrogen and oxygen atoms in total. The molecule has 34 heavy (non-hydrogen) atoms. The molecule has 1 aliphatic heterocycles. The fourth-order valence-corrected chi connectivity index (χ4v) is 5.88. The maximum Gasteiger partial charge on any atom is 0.271 e. The van der Waals surface area contributed by atoms with Gasteiger partial charge in [0.05, 0.1) is 21.2 Å². The number of rotatable bonds is 3. The Hall–Kier alpha value is -3.36. The lowest BCUT2D eigenvalue weighted by Crippen LogP contribution is -2.42. The Kier molecular flexibility index (Phi) is 5.37. The SMILES string of the molecule is CC1(C)CC(=O)C2=C(C1)N=c1sc(=Cc3cccc([N+](=O)[O-])c3)c(=O)n1C2c1ccccc1Cl. The Bertz CT molecular complexity index is 1580. The van der Waals surface area contributed by atoms with Crippen LogP contribution in [0.4, 0.5) is 5.69 Å². The first kappa shape index (κ1) is 22.4. The van der Waals surface area contributed by atoms with Crippen LogP contribution in [-0.2, 0) is 4.79 Å². The molecule has 0 saturated heterocycles. The molecule has 5 rings (SSSR count). The molecule has 0 N–H and O–H groups in total. The number of nitrogens with zero attached hydrogens (tertiary/aromatic N) is 3. The maximum absolute atomic E-state index is 13.6. The minimum Gasteiger partial charge on any atom is -0.294 e. The summed E-state index contributed by atoms with van der Waals surface area (Å²) < 4.78 is 1.91. The number of allylic oxidation sites excluding steroid dienone is 2. The van der Waals surface area contributed by atoms with Crippen LogP contribution in [0.5, 0.6) is 0 Å². The van der Waals surface area contributed by atoms with Crippen molar-refractivity contribution in [2.24, 2.45) is 10.4 Å². The highest BCUT2D eigenvalue weighted by molar-refractivity contribution is 7.07. The van der Waals surface area contributed by atoms with Gasteiger partial charge in [0.2, 0.25) is 0 Å². The van der Waals surface area contributed by atoms with Crippen molar-refractivity contribution >= 4 is 40.5 Å². The molecule has 2 heterocycles. The molecule has 2 aliphatic rings. The molecule has 1 unspecified atom stereocenters. The lowest BCUT2D eigenvalue weighted by molar-refractivity contribution is -0.384. The molecule has 3 aromatic rings. The largest absolute Gasteiger partial charge is 0.294 e. The maximum atomic E-state index is 13.6. The molecule has 2 aromatic carbocycles. The third-order valence-corrected chi connectivity index (χ3v) is 7.40. The van der Waals surface area contributed by atoms with Crippen LogP contribution in [0.25, 0.3) is 6.08 Å². The van der Waals surface area contributed by atoms with Crippen molar-refractivity contribution in [2.45, 2.75) is 32.7 Å². The number of thiazole rings is 1. The second kappa shape index (κ2) is 8.14. The molecular formula is C25H20ClN3O4S. The van der Waals surface area contributed by atoms with Gasteiger partial charge in [-0.1, -0.05) is 67.1 Å². The van der Waals surface area contributed by atoms with Crippen molar-refractivity contribution < 1.29 is 9.72 Å². The van der Waals surface area contributed by atoms with E-state index in [9.17, 15) is 19.7 Å². The van der Waals surface area contributed by atoms with Gasteiger partial charge in [-0.05, 0) is 35.1 Å². The minimum absolute atomic E-state index is 0.0344. The van der Waals surface area contributed by atoms with Crippen molar-refractivity contribution in [1.82, 2.24) is 4.57 Å². The number of carbonyl (C=O) groups excluding carboxylic acids is 1. The molecule has 1 aromatic heterocycles. The van der Waals surface area contributed by atoms with Gasteiger partial charge in [-0.25, -0.2) is 4.99 Å². The van der Waals surface area contributed by atoms with Crippen molar-refractivity contribution in [2.75, 3.05) is 0 Å². The van der Waals surface area contributed by atoms with Gasteiger partial charge >= 0.3 is 0 Å². The van der Waals surface area contributed by atoms with E-state index in [2.05, 4.69) is 0 Å². The summed E-state index contributed by atoms with van der Waals surface area (Å²) in [5.41, 5.74) is 1.80. The van der Waals surface area contributed by atoms with E-state index in [0.717, 1.165) is 0 Å². The summed E-state index contributed by atoms with van der Waals surface area (Å²) in [7, 11) is 0. The van der Waals surface area contributed by atoms with Gasteiger partial charge < -0.3 is 0 Å². The van der Waals surface area contributed by atoms with Crippen LogP contribution in [0.1, 0.15) is 43.9 Å². The molecule has 0 bridgehead atoms. The minimum atomic E-state index is -0.671. The van der Waals surface area contributed by atoms with Crippen molar-refractivity contribution in [3.63, 3.8) is 0 Å². The molecule has 0 fully saturated rings. The van der Waals surface area contributed by atoms with Gasteiger partial charge in [0.1, 0.15) is 0 Å². The average molecular weight is 494 g/mol. The molecule has 0 spiro atoms. The lowest BCUT2D eigenvalue weighted by atomic mass is 9.73. The van der Waals surface area contributed by atoms with Crippen LogP contribution in [0.15, 0.2) is 69.6 Å². The van der Waals surface area contributed by atoms with Crippen molar-refractivity contribution in [3.05, 3.63) is 106 Å².